The van der Waals surface area contributed by atoms with E-state index in [-0.39, 0.29) is 5.82 Å². The van der Waals surface area contributed by atoms with Crippen LogP contribution in [-0.4, -0.2) is 19.2 Å². The quantitative estimate of drug-likeness (QED) is 0.720. The average Bonchev–Trinajstić information content (AvgIpc) is 2.31. The van der Waals surface area contributed by atoms with Gasteiger partial charge in [-0.25, -0.2) is 4.39 Å². The molecule has 0 heterocycles. The van der Waals surface area contributed by atoms with Crippen molar-refractivity contribution in [3.63, 3.8) is 0 Å². The molecule has 0 radical (unpaired) electrons. The van der Waals surface area contributed by atoms with E-state index in [1.807, 2.05) is 0 Å². The zero-order valence-electron chi connectivity index (χ0n) is 10.0. The molecule has 0 amide bonds. The van der Waals surface area contributed by atoms with E-state index in [1.54, 1.807) is 12.1 Å². The third-order valence-electron chi connectivity index (χ3n) is 2.51. The zero-order valence-corrected chi connectivity index (χ0v) is 10.0. The second kappa shape index (κ2) is 7.23. The first-order chi connectivity index (χ1) is 7.72. The first-order valence-corrected chi connectivity index (χ1v) is 5.84. The Labute approximate surface area is 96.8 Å². The topological polar surface area (TPSA) is 21.3 Å². The fourth-order valence-corrected chi connectivity index (χ4v) is 1.29. The molecule has 0 aliphatic rings. The molecule has 1 atom stereocenters. The molecule has 1 aromatic rings. The Hall–Kier alpha value is -1.09. The van der Waals surface area contributed by atoms with Gasteiger partial charge in [0.1, 0.15) is 11.6 Å². The number of benzene rings is 1. The Morgan fingerprint density at radius 2 is 2.00 bits per heavy atom. The first-order valence-electron chi connectivity index (χ1n) is 5.84. The second-order valence-corrected chi connectivity index (χ2v) is 3.92. The maximum atomic E-state index is 12.6. The van der Waals surface area contributed by atoms with Crippen molar-refractivity contribution in [1.29, 1.82) is 0 Å². The van der Waals surface area contributed by atoms with Crippen LogP contribution < -0.4 is 10.1 Å². The van der Waals surface area contributed by atoms with Crippen LogP contribution in [0.1, 0.15) is 26.7 Å². The summed E-state index contributed by atoms with van der Waals surface area (Å²) in [6.45, 7) is 5.94. The van der Waals surface area contributed by atoms with Gasteiger partial charge in [0.2, 0.25) is 0 Å². The van der Waals surface area contributed by atoms with Gasteiger partial charge in [0.25, 0.3) is 0 Å². The number of ether oxygens (including phenoxy) is 1. The van der Waals surface area contributed by atoms with E-state index in [4.69, 9.17) is 4.74 Å². The Kier molecular flexibility index (Phi) is 5.86. The fourth-order valence-electron chi connectivity index (χ4n) is 1.29. The van der Waals surface area contributed by atoms with Crippen LogP contribution in [0, 0.1) is 5.82 Å². The van der Waals surface area contributed by atoms with Crippen molar-refractivity contribution in [1.82, 2.24) is 5.32 Å². The minimum absolute atomic E-state index is 0.231. The molecule has 0 unspecified atom stereocenters. The second-order valence-electron chi connectivity index (χ2n) is 3.92. The highest BCUT2D eigenvalue weighted by Gasteiger charge is 1.97. The zero-order chi connectivity index (χ0) is 11.8. The number of nitrogens with one attached hydrogen (secondary N) is 1. The lowest BCUT2D eigenvalue weighted by Crippen LogP contribution is -2.27. The number of halogens is 1. The Bertz CT molecular complexity index is 286. The number of hydrogen-bond acceptors (Lipinski definition) is 2. The van der Waals surface area contributed by atoms with Crippen molar-refractivity contribution >= 4 is 0 Å². The molecule has 0 aliphatic heterocycles. The Morgan fingerprint density at radius 3 is 2.62 bits per heavy atom. The van der Waals surface area contributed by atoms with Gasteiger partial charge < -0.3 is 10.1 Å². The third kappa shape index (κ3) is 5.12. The van der Waals surface area contributed by atoms with Crippen molar-refractivity contribution in [2.75, 3.05) is 13.2 Å². The van der Waals surface area contributed by atoms with Gasteiger partial charge in [0, 0.05) is 6.04 Å². The lowest BCUT2D eigenvalue weighted by atomic mass is 10.2. The molecule has 0 aromatic heterocycles. The van der Waals surface area contributed by atoms with Crippen molar-refractivity contribution in [2.24, 2.45) is 0 Å². The predicted molar refractivity (Wildman–Crippen MR) is 64.3 cm³/mol. The van der Waals surface area contributed by atoms with E-state index >= 15 is 0 Å². The molecule has 0 fully saturated rings. The summed E-state index contributed by atoms with van der Waals surface area (Å²) in [7, 11) is 0. The van der Waals surface area contributed by atoms with E-state index in [1.165, 1.54) is 12.1 Å². The summed E-state index contributed by atoms with van der Waals surface area (Å²) in [5, 5.41) is 3.39. The lowest BCUT2D eigenvalue weighted by molar-refractivity contribution is 0.304. The molecule has 0 saturated heterocycles. The Morgan fingerprint density at radius 1 is 1.31 bits per heavy atom. The summed E-state index contributed by atoms with van der Waals surface area (Å²) in [5.41, 5.74) is 0. The SMILES string of the molecule is CC[C@H](C)NCCCOc1ccc(F)cc1. The maximum absolute atomic E-state index is 12.6. The summed E-state index contributed by atoms with van der Waals surface area (Å²) < 4.78 is 18.1. The molecule has 1 aromatic carbocycles. The standard InChI is InChI=1S/C13H20FNO/c1-3-11(2)15-9-4-10-16-13-7-5-12(14)6-8-13/h5-8,11,15H,3-4,9-10H2,1-2H3/t11-/m0/s1. The molecule has 0 aliphatic carbocycles. The fraction of sp³-hybridized carbons (Fsp3) is 0.538. The molecule has 0 spiro atoms. The summed E-state index contributed by atoms with van der Waals surface area (Å²) in [5.74, 6) is 0.496. The molecular formula is C13H20FNO. The monoisotopic (exact) mass is 225 g/mol. The van der Waals surface area contributed by atoms with Gasteiger partial charge in [0.15, 0.2) is 0 Å². The van der Waals surface area contributed by atoms with E-state index in [0.29, 0.717) is 12.6 Å². The highest BCUT2D eigenvalue weighted by molar-refractivity contribution is 5.21. The molecule has 1 rings (SSSR count). The summed E-state index contributed by atoms with van der Waals surface area (Å²) in [6, 6.07) is 6.68. The van der Waals surface area contributed by atoms with Crippen LogP contribution in [0.3, 0.4) is 0 Å². The van der Waals surface area contributed by atoms with E-state index < -0.39 is 0 Å². The van der Waals surface area contributed by atoms with Crippen LogP contribution in [0.25, 0.3) is 0 Å². The van der Waals surface area contributed by atoms with Crippen LogP contribution in [0.5, 0.6) is 5.75 Å². The summed E-state index contributed by atoms with van der Waals surface area (Å²) >= 11 is 0. The van der Waals surface area contributed by atoms with Gasteiger partial charge in [-0.05, 0) is 50.6 Å². The number of hydrogen-bond donors (Lipinski definition) is 1. The van der Waals surface area contributed by atoms with E-state index in [9.17, 15) is 4.39 Å². The van der Waals surface area contributed by atoms with Crippen LogP contribution in [-0.2, 0) is 0 Å². The molecule has 0 saturated carbocycles. The predicted octanol–water partition coefficient (Wildman–Crippen LogP) is 2.98. The van der Waals surface area contributed by atoms with Crippen LogP contribution in [0.15, 0.2) is 24.3 Å². The van der Waals surface area contributed by atoms with E-state index in [2.05, 4.69) is 19.2 Å². The maximum Gasteiger partial charge on any atom is 0.123 e. The largest absolute Gasteiger partial charge is 0.494 e. The van der Waals surface area contributed by atoms with Gasteiger partial charge in [-0.1, -0.05) is 6.92 Å². The summed E-state index contributed by atoms with van der Waals surface area (Å²) in [4.78, 5) is 0. The molecular weight excluding hydrogens is 205 g/mol. The highest BCUT2D eigenvalue weighted by atomic mass is 19.1. The van der Waals surface area contributed by atoms with Gasteiger partial charge in [-0.2, -0.15) is 0 Å². The summed E-state index contributed by atoms with van der Waals surface area (Å²) in [6.07, 6.45) is 2.10. The van der Waals surface area contributed by atoms with E-state index in [0.717, 1.165) is 25.1 Å². The lowest BCUT2D eigenvalue weighted by Gasteiger charge is -2.11. The van der Waals surface area contributed by atoms with Crippen molar-refractivity contribution < 1.29 is 9.13 Å². The van der Waals surface area contributed by atoms with Gasteiger partial charge in [-0.3, -0.25) is 0 Å². The Balaban J connectivity index is 2.09. The minimum Gasteiger partial charge on any atom is -0.494 e. The van der Waals surface area contributed by atoms with Crippen molar-refractivity contribution in [3.05, 3.63) is 30.1 Å². The van der Waals surface area contributed by atoms with Crippen LogP contribution >= 0.6 is 0 Å². The third-order valence-corrected chi connectivity index (χ3v) is 2.51. The minimum atomic E-state index is -0.231. The molecule has 1 N–H and O–H groups in total. The van der Waals surface area contributed by atoms with Gasteiger partial charge >= 0.3 is 0 Å². The molecule has 0 bridgehead atoms. The average molecular weight is 225 g/mol. The van der Waals surface area contributed by atoms with Gasteiger partial charge in [0.05, 0.1) is 6.61 Å². The first kappa shape index (κ1) is 13.0. The van der Waals surface area contributed by atoms with Crippen molar-refractivity contribution in [3.8, 4) is 5.75 Å². The smallest absolute Gasteiger partial charge is 0.123 e. The van der Waals surface area contributed by atoms with Crippen LogP contribution in [0.2, 0.25) is 0 Å². The van der Waals surface area contributed by atoms with Gasteiger partial charge in [-0.15, -0.1) is 0 Å². The molecule has 16 heavy (non-hydrogen) atoms. The van der Waals surface area contributed by atoms with Crippen molar-refractivity contribution in [2.45, 2.75) is 32.7 Å². The molecule has 90 valence electrons. The molecule has 3 heteroatoms. The highest BCUT2D eigenvalue weighted by Crippen LogP contribution is 2.10. The normalized spacial score (nSPS) is 12.4. The molecule has 2 nitrogen and oxygen atoms in total. The van der Waals surface area contributed by atoms with Crippen LogP contribution in [0.4, 0.5) is 4.39 Å². The number of rotatable bonds is 7.